The number of amidine groups is 1. The fraction of sp³-hybridized carbons (Fsp3) is 0.375. The summed E-state index contributed by atoms with van der Waals surface area (Å²) in [5.74, 6) is 5.61. The van der Waals surface area contributed by atoms with E-state index in [9.17, 15) is 9.59 Å². The molecule has 2 aromatic rings. The zero-order valence-electron chi connectivity index (χ0n) is 18.5. The Morgan fingerprint density at radius 1 is 1.16 bits per heavy atom. The molecular weight excluding hydrogens is 390 g/mol. The predicted octanol–water partition coefficient (Wildman–Crippen LogP) is 3.18. The number of hydrogen-bond acceptors (Lipinski definition) is 5. The molecule has 5 N–H and O–H groups in total. The second kappa shape index (κ2) is 11.9. The molecule has 0 fully saturated rings. The number of rotatable bonds is 11. The predicted molar refractivity (Wildman–Crippen MR) is 125 cm³/mol. The van der Waals surface area contributed by atoms with Crippen molar-refractivity contribution in [1.82, 2.24) is 10.4 Å². The molecule has 1 unspecified atom stereocenters. The third-order valence-electron chi connectivity index (χ3n) is 5.25. The van der Waals surface area contributed by atoms with Crippen LogP contribution >= 0.6 is 0 Å². The summed E-state index contributed by atoms with van der Waals surface area (Å²) >= 11 is 0. The van der Waals surface area contributed by atoms with Gasteiger partial charge in [-0.25, -0.2) is 11.4 Å². The number of unbranched alkanes of at least 4 members (excludes halogenated alkanes) is 1. The van der Waals surface area contributed by atoms with Crippen LogP contribution in [0, 0.1) is 5.92 Å². The van der Waals surface area contributed by atoms with Gasteiger partial charge in [0.2, 0.25) is 5.91 Å². The van der Waals surface area contributed by atoms with Crippen LogP contribution in [-0.4, -0.2) is 29.0 Å². The van der Waals surface area contributed by atoms with Crippen LogP contribution in [0.1, 0.15) is 51.2 Å². The average Bonchev–Trinajstić information content (AvgIpc) is 2.77. The molecule has 0 saturated heterocycles. The van der Waals surface area contributed by atoms with Crippen molar-refractivity contribution in [3.8, 4) is 11.1 Å². The normalized spacial score (nSPS) is 12.5. The first-order chi connectivity index (χ1) is 14.9. The average molecular weight is 424 g/mol. The Bertz CT molecular complexity index is 893. The Kier molecular flexibility index (Phi) is 9.21. The third kappa shape index (κ3) is 6.39. The van der Waals surface area contributed by atoms with Crippen LogP contribution in [0.15, 0.2) is 53.6 Å². The lowest BCUT2D eigenvalue weighted by Gasteiger charge is -2.31. The third-order valence-corrected chi connectivity index (χ3v) is 5.25. The van der Waals surface area contributed by atoms with Crippen molar-refractivity contribution in [2.75, 3.05) is 0 Å². The second-order valence-electron chi connectivity index (χ2n) is 7.86. The van der Waals surface area contributed by atoms with E-state index in [1.165, 1.54) is 0 Å². The first-order valence-electron chi connectivity index (χ1n) is 10.6. The van der Waals surface area contributed by atoms with Crippen LogP contribution in [0.25, 0.3) is 11.1 Å². The lowest BCUT2D eigenvalue weighted by atomic mass is 9.97. The lowest BCUT2D eigenvalue weighted by Crippen LogP contribution is -2.43. The summed E-state index contributed by atoms with van der Waals surface area (Å²) in [6, 6.07) is 15.1. The van der Waals surface area contributed by atoms with Gasteiger partial charge in [-0.2, -0.15) is 0 Å². The summed E-state index contributed by atoms with van der Waals surface area (Å²) in [6.07, 6.45) is 3.09. The number of carbonyl (C=O) groups is 2. The van der Waals surface area contributed by atoms with Crippen molar-refractivity contribution >= 4 is 18.0 Å². The second-order valence-corrected chi connectivity index (χ2v) is 7.86. The Morgan fingerprint density at radius 2 is 1.84 bits per heavy atom. The highest BCUT2D eigenvalue weighted by molar-refractivity contribution is 6.03. The Hall–Kier alpha value is -3.19. The molecular formula is C24H33N5O2. The molecule has 1 amide bonds. The summed E-state index contributed by atoms with van der Waals surface area (Å²) in [4.78, 5) is 26.2. The number of hydrazone groups is 1. The Labute approximate surface area is 184 Å². The van der Waals surface area contributed by atoms with E-state index in [2.05, 4.69) is 17.6 Å². The fourth-order valence-electron chi connectivity index (χ4n) is 3.50. The number of benzene rings is 2. The van der Waals surface area contributed by atoms with Crippen LogP contribution in [0.3, 0.4) is 0 Å². The zero-order valence-corrected chi connectivity index (χ0v) is 18.5. The minimum atomic E-state index is -0.440. The van der Waals surface area contributed by atoms with Crippen LogP contribution < -0.4 is 17.1 Å². The number of aldehydes is 1. The minimum Gasteiger partial charge on any atom is -0.382 e. The van der Waals surface area contributed by atoms with Gasteiger partial charge in [-0.15, -0.1) is 5.10 Å². The lowest BCUT2D eigenvalue weighted by molar-refractivity contribution is -0.138. The maximum Gasteiger partial charge on any atom is 0.223 e. The van der Waals surface area contributed by atoms with Gasteiger partial charge in [0.25, 0.3) is 0 Å². The van der Waals surface area contributed by atoms with Gasteiger partial charge in [0.15, 0.2) is 5.84 Å². The monoisotopic (exact) mass is 423 g/mol. The van der Waals surface area contributed by atoms with E-state index in [0.29, 0.717) is 18.8 Å². The van der Waals surface area contributed by atoms with E-state index in [0.717, 1.165) is 41.4 Å². The molecule has 0 aliphatic heterocycles. The van der Waals surface area contributed by atoms with Crippen LogP contribution in [0.4, 0.5) is 0 Å². The van der Waals surface area contributed by atoms with Crippen molar-refractivity contribution in [3.05, 3.63) is 59.7 Å². The van der Waals surface area contributed by atoms with E-state index in [4.69, 9.17) is 11.6 Å². The number of nitrogens with zero attached hydrogens (tertiary/aromatic N) is 2. The molecule has 2 aromatic carbocycles. The maximum atomic E-state index is 12.8. The van der Waals surface area contributed by atoms with Crippen LogP contribution in [-0.2, 0) is 16.1 Å². The number of nitrogens with one attached hydrogen (secondary N) is 1. The van der Waals surface area contributed by atoms with E-state index in [1.807, 2.05) is 62.4 Å². The molecule has 0 spiro atoms. The molecule has 1 atom stereocenters. The summed E-state index contributed by atoms with van der Waals surface area (Å²) < 4.78 is 0. The Balaban J connectivity index is 2.30. The highest BCUT2D eigenvalue weighted by Gasteiger charge is 2.25. The largest absolute Gasteiger partial charge is 0.382 e. The van der Waals surface area contributed by atoms with Crippen molar-refractivity contribution < 1.29 is 9.59 Å². The summed E-state index contributed by atoms with van der Waals surface area (Å²) in [5.41, 5.74) is 11.9. The smallest absolute Gasteiger partial charge is 0.223 e. The molecule has 7 heteroatoms. The Morgan fingerprint density at radius 3 is 2.42 bits per heavy atom. The highest BCUT2D eigenvalue weighted by Crippen LogP contribution is 2.25. The zero-order chi connectivity index (χ0) is 22.8. The number of amides is 1. The van der Waals surface area contributed by atoms with Gasteiger partial charge in [-0.1, -0.05) is 75.7 Å². The summed E-state index contributed by atoms with van der Waals surface area (Å²) in [6.45, 7) is 6.37. The van der Waals surface area contributed by atoms with Gasteiger partial charge >= 0.3 is 0 Å². The topological polar surface area (TPSA) is 114 Å². The number of hydrazine groups is 1. The van der Waals surface area contributed by atoms with Gasteiger partial charge in [0.1, 0.15) is 6.29 Å². The van der Waals surface area contributed by atoms with Gasteiger partial charge in [-0.05, 0) is 29.0 Å². The molecule has 0 aromatic heterocycles. The molecule has 0 aliphatic carbocycles. The summed E-state index contributed by atoms with van der Waals surface area (Å²) in [7, 11) is 0. The molecule has 0 aliphatic rings. The van der Waals surface area contributed by atoms with E-state index >= 15 is 0 Å². The molecule has 0 saturated carbocycles. The number of hydrogen-bond donors (Lipinski definition) is 3. The van der Waals surface area contributed by atoms with Crippen LogP contribution in [0.5, 0.6) is 0 Å². The van der Waals surface area contributed by atoms with Crippen molar-refractivity contribution in [1.29, 1.82) is 0 Å². The van der Waals surface area contributed by atoms with Gasteiger partial charge in [0.05, 0.1) is 6.04 Å². The van der Waals surface area contributed by atoms with Crippen LogP contribution in [0.2, 0.25) is 0 Å². The summed E-state index contributed by atoms with van der Waals surface area (Å²) in [5, 5.41) is 3.87. The minimum absolute atomic E-state index is 0.0142. The van der Waals surface area contributed by atoms with Crippen molar-refractivity contribution in [2.24, 2.45) is 22.6 Å². The molecule has 166 valence electrons. The molecule has 0 bridgehead atoms. The van der Waals surface area contributed by atoms with Gasteiger partial charge in [0, 0.05) is 18.5 Å². The molecule has 0 radical (unpaired) electrons. The standard InChI is InChI=1S/C24H33N5O2/c1-4-5-10-23(31)29(22(16-30)17(2)3)15-18-11-13-19(14-12-18)20-8-6-7-9-21(20)24(25)27-28-26/h6-9,11-14,16-17,22,28H,4-5,10,15,26H2,1-3H3,(H2,25,27). The molecule has 7 nitrogen and oxygen atoms in total. The number of nitrogens with two attached hydrogens (primary N) is 2. The SMILES string of the molecule is CCCCC(=O)N(Cc1ccc(-c2ccccc2/C(N)=N/NN)cc1)C(C=O)C(C)C. The van der Waals surface area contributed by atoms with Crippen molar-refractivity contribution in [3.63, 3.8) is 0 Å². The molecule has 31 heavy (non-hydrogen) atoms. The van der Waals surface area contributed by atoms with E-state index in [1.54, 1.807) is 4.90 Å². The van der Waals surface area contributed by atoms with E-state index in [-0.39, 0.29) is 11.8 Å². The maximum absolute atomic E-state index is 12.8. The van der Waals surface area contributed by atoms with Crippen molar-refractivity contribution in [2.45, 2.75) is 52.6 Å². The van der Waals surface area contributed by atoms with Gasteiger partial charge in [-0.3, -0.25) is 4.79 Å². The fourth-order valence-corrected chi connectivity index (χ4v) is 3.50. The van der Waals surface area contributed by atoms with Gasteiger partial charge < -0.3 is 15.4 Å². The quantitative estimate of drug-likeness (QED) is 0.169. The molecule has 2 rings (SSSR count). The molecule has 0 heterocycles. The number of carbonyl (C=O) groups excluding carboxylic acids is 2. The first-order valence-corrected chi connectivity index (χ1v) is 10.6. The first kappa shape index (κ1) is 24.1. The highest BCUT2D eigenvalue weighted by atomic mass is 16.2. The van der Waals surface area contributed by atoms with E-state index < -0.39 is 6.04 Å².